The average molecular weight is 479 g/mol. The molecule has 0 unspecified atom stereocenters. The fourth-order valence-electron chi connectivity index (χ4n) is 5.55. The van der Waals surface area contributed by atoms with E-state index in [-0.39, 0.29) is 11.9 Å². The van der Waals surface area contributed by atoms with Crippen molar-refractivity contribution in [3.05, 3.63) is 108 Å². The molecule has 0 aliphatic carbocycles. The quantitative estimate of drug-likeness (QED) is 0.510. The van der Waals surface area contributed by atoms with Gasteiger partial charge in [0.05, 0.1) is 11.5 Å². The third-order valence-electron chi connectivity index (χ3n) is 7.63. The third kappa shape index (κ3) is 4.16. The van der Waals surface area contributed by atoms with E-state index in [2.05, 4.69) is 16.3 Å². The van der Waals surface area contributed by atoms with Crippen LogP contribution in [-0.4, -0.2) is 47.9 Å². The number of carbonyl (C=O) groups is 2. The maximum Gasteiger partial charge on any atom is 0.325 e. The lowest BCUT2D eigenvalue weighted by atomic mass is 9.74. The Morgan fingerprint density at radius 2 is 1.25 bits per heavy atom. The Morgan fingerprint density at radius 1 is 0.750 bits per heavy atom. The van der Waals surface area contributed by atoms with Crippen LogP contribution in [-0.2, 0) is 15.7 Å². The number of nitrogens with zero attached hydrogens (tertiary/aromatic N) is 3. The van der Waals surface area contributed by atoms with Crippen LogP contribution in [0.3, 0.4) is 0 Å². The molecule has 1 N–H and O–H groups in total. The Hall–Kier alpha value is -3.95. The summed E-state index contributed by atoms with van der Waals surface area (Å²) in [7, 11) is 0. The molecule has 2 fully saturated rings. The van der Waals surface area contributed by atoms with Crippen molar-refractivity contribution in [3.8, 4) is 6.07 Å². The van der Waals surface area contributed by atoms with Gasteiger partial charge in [-0.3, -0.25) is 9.69 Å². The van der Waals surface area contributed by atoms with Crippen LogP contribution in [0.4, 0.5) is 4.79 Å². The lowest BCUT2D eigenvalue weighted by Gasteiger charge is -2.37. The third-order valence-corrected chi connectivity index (χ3v) is 7.63. The molecular formula is C30H30N4O2. The van der Waals surface area contributed by atoms with Crippen LogP contribution in [0, 0.1) is 11.3 Å². The molecule has 3 amide bonds. The standard InChI is InChI=1S/C30H30N4O2/c31-23-29(24-11-4-1-5-12-24)17-21-33(22-18-29)19-10-20-34-27(35)30(32-28(34)36,25-13-6-2-7-14-25)26-15-8-3-9-16-26/h1-9,11-16H,10,17-22H2,(H,32,36). The molecule has 0 atom stereocenters. The first-order valence-electron chi connectivity index (χ1n) is 12.5. The molecule has 6 nitrogen and oxygen atoms in total. The Morgan fingerprint density at radius 3 is 1.75 bits per heavy atom. The van der Waals surface area contributed by atoms with Crippen molar-refractivity contribution < 1.29 is 9.59 Å². The van der Waals surface area contributed by atoms with Crippen molar-refractivity contribution in [2.24, 2.45) is 0 Å². The Bertz CT molecular complexity index is 1210. The molecule has 36 heavy (non-hydrogen) atoms. The van der Waals surface area contributed by atoms with E-state index in [1.165, 1.54) is 4.90 Å². The number of hydrogen-bond donors (Lipinski definition) is 1. The molecule has 2 aliphatic heterocycles. The van der Waals surface area contributed by atoms with Crippen molar-refractivity contribution in [1.29, 1.82) is 5.26 Å². The number of nitriles is 1. The van der Waals surface area contributed by atoms with E-state index in [9.17, 15) is 14.9 Å². The predicted octanol–water partition coefficient (Wildman–Crippen LogP) is 4.43. The zero-order valence-corrected chi connectivity index (χ0v) is 20.3. The molecule has 0 saturated carbocycles. The van der Waals surface area contributed by atoms with Crippen molar-refractivity contribution in [1.82, 2.24) is 15.1 Å². The van der Waals surface area contributed by atoms with Gasteiger partial charge < -0.3 is 10.2 Å². The van der Waals surface area contributed by atoms with Gasteiger partial charge in [0.15, 0.2) is 5.54 Å². The molecule has 182 valence electrons. The highest BCUT2D eigenvalue weighted by Gasteiger charge is 2.53. The summed E-state index contributed by atoms with van der Waals surface area (Å²) >= 11 is 0. The van der Waals surface area contributed by atoms with Crippen LogP contribution in [0.5, 0.6) is 0 Å². The van der Waals surface area contributed by atoms with Crippen LogP contribution in [0.1, 0.15) is 36.0 Å². The summed E-state index contributed by atoms with van der Waals surface area (Å²) in [5, 5.41) is 13.0. The van der Waals surface area contributed by atoms with Gasteiger partial charge in [0.1, 0.15) is 0 Å². The Kier molecular flexibility index (Phi) is 6.58. The summed E-state index contributed by atoms with van der Waals surface area (Å²) in [6.07, 6.45) is 2.24. The van der Waals surface area contributed by atoms with E-state index in [0.717, 1.165) is 49.2 Å². The highest BCUT2D eigenvalue weighted by atomic mass is 16.2. The van der Waals surface area contributed by atoms with E-state index >= 15 is 0 Å². The van der Waals surface area contributed by atoms with E-state index in [1.807, 2.05) is 91.0 Å². The minimum atomic E-state index is -1.22. The lowest BCUT2D eigenvalue weighted by molar-refractivity contribution is -0.130. The molecule has 3 aromatic carbocycles. The lowest BCUT2D eigenvalue weighted by Crippen LogP contribution is -2.45. The molecular weight excluding hydrogens is 448 g/mol. The van der Waals surface area contributed by atoms with E-state index in [1.54, 1.807) is 0 Å². The van der Waals surface area contributed by atoms with Crippen molar-refractivity contribution in [3.63, 3.8) is 0 Å². The number of imide groups is 1. The Balaban J connectivity index is 1.25. The number of benzene rings is 3. The van der Waals surface area contributed by atoms with Crippen LogP contribution < -0.4 is 5.32 Å². The second-order valence-electron chi connectivity index (χ2n) is 9.62. The predicted molar refractivity (Wildman–Crippen MR) is 138 cm³/mol. The molecule has 2 heterocycles. The van der Waals surface area contributed by atoms with E-state index in [4.69, 9.17) is 0 Å². The molecule has 2 aliphatic rings. The minimum Gasteiger partial charge on any atom is -0.315 e. The van der Waals surface area contributed by atoms with Gasteiger partial charge in [0.2, 0.25) is 0 Å². The number of nitrogens with one attached hydrogen (secondary N) is 1. The van der Waals surface area contributed by atoms with E-state index < -0.39 is 11.0 Å². The largest absolute Gasteiger partial charge is 0.325 e. The van der Waals surface area contributed by atoms with Crippen LogP contribution >= 0.6 is 0 Å². The topological polar surface area (TPSA) is 76.4 Å². The summed E-state index contributed by atoms with van der Waals surface area (Å²) < 4.78 is 0. The summed E-state index contributed by atoms with van der Waals surface area (Å²) in [5.74, 6) is -0.240. The minimum absolute atomic E-state index is 0.240. The maximum atomic E-state index is 13.8. The second kappa shape index (κ2) is 9.96. The number of rotatable bonds is 7. The molecule has 0 bridgehead atoms. The monoisotopic (exact) mass is 478 g/mol. The summed E-state index contributed by atoms with van der Waals surface area (Å²) in [4.78, 5) is 30.5. The fraction of sp³-hybridized carbons (Fsp3) is 0.300. The average Bonchev–Trinajstić information content (AvgIpc) is 3.21. The molecule has 0 radical (unpaired) electrons. The SMILES string of the molecule is N#CC1(c2ccccc2)CCN(CCCN2C(=O)NC(c3ccccc3)(c3ccccc3)C2=O)CC1. The van der Waals surface area contributed by atoms with Crippen LogP contribution in [0.2, 0.25) is 0 Å². The molecule has 5 rings (SSSR count). The smallest absolute Gasteiger partial charge is 0.315 e. The second-order valence-corrected chi connectivity index (χ2v) is 9.62. The summed E-state index contributed by atoms with van der Waals surface area (Å²) in [6, 6.07) is 31.1. The summed E-state index contributed by atoms with van der Waals surface area (Å²) in [6.45, 7) is 2.77. The molecule has 3 aromatic rings. The summed E-state index contributed by atoms with van der Waals surface area (Å²) in [5.41, 5.74) is 0.939. The number of hydrogen-bond acceptors (Lipinski definition) is 4. The number of urea groups is 1. The van der Waals surface area contributed by atoms with Crippen molar-refractivity contribution >= 4 is 11.9 Å². The zero-order chi connectivity index (χ0) is 25.0. The number of likely N-dealkylation sites (tertiary alicyclic amines) is 1. The number of amides is 3. The van der Waals surface area contributed by atoms with Gasteiger partial charge in [0.25, 0.3) is 5.91 Å². The first-order valence-corrected chi connectivity index (χ1v) is 12.5. The van der Waals surface area contributed by atoms with Gasteiger partial charge in [-0.1, -0.05) is 91.0 Å². The Labute approximate surface area is 212 Å². The fourth-order valence-corrected chi connectivity index (χ4v) is 5.55. The highest BCUT2D eigenvalue weighted by Crippen LogP contribution is 2.37. The molecule has 6 heteroatoms. The van der Waals surface area contributed by atoms with Crippen LogP contribution in [0.15, 0.2) is 91.0 Å². The molecule has 0 aromatic heterocycles. The number of carbonyl (C=O) groups excluding carboxylic acids is 2. The zero-order valence-electron chi connectivity index (χ0n) is 20.3. The first kappa shape index (κ1) is 23.8. The van der Waals surface area contributed by atoms with Crippen molar-refractivity contribution in [2.75, 3.05) is 26.2 Å². The van der Waals surface area contributed by atoms with Gasteiger partial charge in [-0.05, 0) is 55.6 Å². The number of piperidine rings is 1. The van der Waals surface area contributed by atoms with Gasteiger partial charge in [-0.2, -0.15) is 5.26 Å². The normalized spacial score (nSPS) is 19.0. The van der Waals surface area contributed by atoms with E-state index in [0.29, 0.717) is 13.0 Å². The molecule has 2 saturated heterocycles. The van der Waals surface area contributed by atoms with Gasteiger partial charge in [0, 0.05) is 6.54 Å². The van der Waals surface area contributed by atoms with Gasteiger partial charge >= 0.3 is 6.03 Å². The maximum absolute atomic E-state index is 13.8. The molecule has 0 spiro atoms. The van der Waals surface area contributed by atoms with Gasteiger partial charge in [-0.15, -0.1) is 0 Å². The van der Waals surface area contributed by atoms with Crippen LogP contribution in [0.25, 0.3) is 0 Å². The van der Waals surface area contributed by atoms with Crippen molar-refractivity contribution in [2.45, 2.75) is 30.2 Å². The highest BCUT2D eigenvalue weighted by molar-refractivity contribution is 6.09. The first-order chi connectivity index (χ1) is 17.6. The van der Waals surface area contributed by atoms with Gasteiger partial charge in [-0.25, -0.2) is 4.79 Å².